The smallest absolute Gasteiger partial charge is 0.230 e. The van der Waals surface area contributed by atoms with Gasteiger partial charge in [0.15, 0.2) is 0 Å². The largest absolute Gasteiger partial charge is 0.339 e. The summed E-state index contributed by atoms with van der Waals surface area (Å²) >= 11 is 0. The molecule has 0 saturated carbocycles. The summed E-state index contributed by atoms with van der Waals surface area (Å²) in [4.78, 5) is 4.56. The van der Waals surface area contributed by atoms with Crippen molar-refractivity contribution < 1.29 is 4.52 Å². The topological polar surface area (TPSA) is 51.0 Å². The van der Waals surface area contributed by atoms with Gasteiger partial charge in [0.05, 0.1) is 0 Å². The Labute approximate surface area is 125 Å². The zero-order chi connectivity index (χ0) is 13.2. The van der Waals surface area contributed by atoms with Crippen LogP contribution in [0.1, 0.15) is 37.1 Å². The van der Waals surface area contributed by atoms with E-state index in [9.17, 15) is 0 Å². The molecule has 1 aromatic heterocycles. The minimum absolute atomic E-state index is 0. The Morgan fingerprint density at radius 3 is 2.70 bits per heavy atom. The lowest BCUT2D eigenvalue weighted by molar-refractivity contribution is 0.295. The zero-order valence-electron chi connectivity index (χ0n) is 11.8. The third-order valence-electron chi connectivity index (χ3n) is 3.72. The van der Waals surface area contributed by atoms with Crippen LogP contribution in [0.4, 0.5) is 0 Å². The lowest BCUT2D eigenvalue weighted by Gasteiger charge is -2.25. The number of halogens is 1. The molecule has 0 unspecified atom stereocenters. The number of nitrogens with one attached hydrogen (secondary N) is 1. The Kier molecular flexibility index (Phi) is 4.78. The lowest BCUT2D eigenvalue weighted by Crippen LogP contribution is -2.34. The monoisotopic (exact) mass is 293 g/mol. The maximum atomic E-state index is 5.45. The molecule has 1 aromatic carbocycles. The van der Waals surface area contributed by atoms with Crippen LogP contribution in [0.5, 0.6) is 0 Å². The van der Waals surface area contributed by atoms with E-state index in [2.05, 4.69) is 41.4 Å². The third kappa shape index (κ3) is 3.19. The molecule has 1 N–H and O–H groups in total. The number of hydrogen-bond donors (Lipinski definition) is 1. The van der Waals surface area contributed by atoms with Gasteiger partial charge in [-0.1, -0.05) is 35.0 Å². The molecule has 1 fully saturated rings. The molecular weight excluding hydrogens is 274 g/mol. The highest BCUT2D eigenvalue weighted by molar-refractivity contribution is 5.85. The zero-order valence-corrected chi connectivity index (χ0v) is 12.6. The minimum atomic E-state index is 0. The molecule has 0 bridgehead atoms. The first-order chi connectivity index (χ1) is 9.22. The van der Waals surface area contributed by atoms with Gasteiger partial charge in [0.2, 0.25) is 11.7 Å². The molecule has 0 spiro atoms. The second kappa shape index (κ2) is 6.37. The highest BCUT2D eigenvalue weighted by atomic mass is 35.5. The average molecular weight is 294 g/mol. The Morgan fingerprint density at radius 2 is 2.00 bits per heavy atom. The molecule has 108 valence electrons. The molecule has 2 atom stereocenters. The quantitative estimate of drug-likeness (QED) is 0.923. The van der Waals surface area contributed by atoms with Gasteiger partial charge in [-0.25, -0.2) is 0 Å². The Hall–Kier alpha value is -1.39. The van der Waals surface area contributed by atoms with Gasteiger partial charge in [-0.15, -0.1) is 12.4 Å². The molecule has 0 radical (unpaired) electrons. The standard InChI is InChI=1S/C15H19N3O.ClH/c1-10-3-5-12(6-4-10)14-17-15(19-18-14)13-7-8-16-11(2)9-13;/h3-6,11,13,16H,7-9H2,1-2H3;1H/t11-,13-;/m0./s1. The maximum Gasteiger partial charge on any atom is 0.230 e. The van der Waals surface area contributed by atoms with Crippen LogP contribution in [0.2, 0.25) is 0 Å². The van der Waals surface area contributed by atoms with Crippen molar-refractivity contribution in [3.63, 3.8) is 0 Å². The first-order valence-electron chi connectivity index (χ1n) is 6.86. The fourth-order valence-electron chi connectivity index (χ4n) is 2.58. The molecule has 20 heavy (non-hydrogen) atoms. The van der Waals surface area contributed by atoms with Gasteiger partial charge < -0.3 is 9.84 Å². The second-order valence-electron chi connectivity index (χ2n) is 5.40. The lowest BCUT2D eigenvalue weighted by atomic mass is 9.93. The fraction of sp³-hybridized carbons (Fsp3) is 0.467. The van der Waals surface area contributed by atoms with Crippen LogP contribution in [0.15, 0.2) is 28.8 Å². The number of rotatable bonds is 2. The van der Waals surface area contributed by atoms with E-state index in [1.165, 1.54) is 5.56 Å². The molecule has 0 amide bonds. The average Bonchev–Trinajstić information content (AvgIpc) is 2.89. The van der Waals surface area contributed by atoms with Crippen LogP contribution in [-0.4, -0.2) is 22.7 Å². The van der Waals surface area contributed by atoms with Crippen molar-refractivity contribution in [3.05, 3.63) is 35.7 Å². The van der Waals surface area contributed by atoms with Crippen LogP contribution >= 0.6 is 12.4 Å². The number of aryl methyl sites for hydroxylation is 1. The molecule has 3 rings (SSSR count). The molecular formula is C15H20ClN3O. The summed E-state index contributed by atoms with van der Waals surface area (Å²) in [5, 5.41) is 7.55. The highest BCUT2D eigenvalue weighted by Crippen LogP contribution is 2.28. The van der Waals surface area contributed by atoms with Crippen LogP contribution in [0.25, 0.3) is 11.4 Å². The normalized spacial score (nSPS) is 22.3. The number of piperidine rings is 1. The number of benzene rings is 1. The van der Waals surface area contributed by atoms with Crippen LogP contribution in [0.3, 0.4) is 0 Å². The van der Waals surface area contributed by atoms with Crippen LogP contribution in [-0.2, 0) is 0 Å². The van der Waals surface area contributed by atoms with Gasteiger partial charge in [-0.2, -0.15) is 4.98 Å². The summed E-state index contributed by atoms with van der Waals surface area (Å²) < 4.78 is 5.45. The summed E-state index contributed by atoms with van der Waals surface area (Å²) in [5.74, 6) is 1.87. The molecule has 0 aliphatic carbocycles. The first-order valence-corrected chi connectivity index (χ1v) is 6.86. The van der Waals surface area contributed by atoms with Gasteiger partial charge in [-0.05, 0) is 33.2 Å². The van der Waals surface area contributed by atoms with E-state index in [4.69, 9.17) is 4.52 Å². The molecule has 5 heteroatoms. The molecule has 4 nitrogen and oxygen atoms in total. The predicted octanol–water partition coefficient (Wildman–Crippen LogP) is 3.32. The summed E-state index contributed by atoms with van der Waals surface area (Å²) in [6, 6.07) is 8.73. The molecule has 1 aliphatic rings. The van der Waals surface area contributed by atoms with E-state index in [0.717, 1.165) is 30.8 Å². The Balaban J connectivity index is 0.00000147. The van der Waals surface area contributed by atoms with Crippen molar-refractivity contribution in [2.75, 3.05) is 6.54 Å². The van der Waals surface area contributed by atoms with Gasteiger partial charge >= 0.3 is 0 Å². The van der Waals surface area contributed by atoms with Crippen molar-refractivity contribution in [3.8, 4) is 11.4 Å². The van der Waals surface area contributed by atoms with Crippen LogP contribution < -0.4 is 5.32 Å². The van der Waals surface area contributed by atoms with Crippen molar-refractivity contribution in [2.24, 2.45) is 0 Å². The second-order valence-corrected chi connectivity index (χ2v) is 5.40. The van der Waals surface area contributed by atoms with E-state index in [0.29, 0.717) is 17.8 Å². The summed E-state index contributed by atoms with van der Waals surface area (Å²) in [7, 11) is 0. The van der Waals surface area contributed by atoms with E-state index < -0.39 is 0 Å². The van der Waals surface area contributed by atoms with E-state index in [-0.39, 0.29) is 12.4 Å². The SMILES string of the molecule is Cc1ccc(-c2noc([C@H]3CCN[C@@H](C)C3)n2)cc1.Cl. The third-order valence-corrected chi connectivity index (χ3v) is 3.72. The molecule has 1 saturated heterocycles. The summed E-state index contributed by atoms with van der Waals surface area (Å²) in [6.07, 6.45) is 2.13. The molecule has 2 heterocycles. The Bertz CT molecular complexity index is 553. The van der Waals surface area contributed by atoms with Gasteiger partial charge in [0.25, 0.3) is 0 Å². The predicted molar refractivity (Wildman–Crippen MR) is 81.2 cm³/mol. The van der Waals surface area contributed by atoms with Crippen molar-refractivity contribution in [1.29, 1.82) is 0 Å². The maximum absolute atomic E-state index is 5.45. The minimum Gasteiger partial charge on any atom is -0.339 e. The summed E-state index contributed by atoms with van der Waals surface area (Å²) in [6.45, 7) is 5.29. The number of hydrogen-bond acceptors (Lipinski definition) is 4. The number of aromatic nitrogens is 2. The summed E-state index contributed by atoms with van der Waals surface area (Å²) in [5.41, 5.74) is 2.25. The number of nitrogens with zero attached hydrogens (tertiary/aromatic N) is 2. The van der Waals surface area contributed by atoms with E-state index in [1.54, 1.807) is 0 Å². The Morgan fingerprint density at radius 1 is 1.25 bits per heavy atom. The molecule has 2 aromatic rings. The highest BCUT2D eigenvalue weighted by Gasteiger charge is 2.25. The van der Waals surface area contributed by atoms with Crippen molar-refractivity contribution >= 4 is 12.4 Å². The van der Waals surface area contributed by atoms with Gasteiger partial charge in [0.1, 0.15) is 0 Å². The van der Waals surface area contributed by atoms with Crippen molar-refractivity contribution in [2.45, 2.75) is 38.6 Å². The van der Waals surface area contributed by atoms with Crippen LogP contribution in [0, 0.1) is 6.92 Å². The van der Waals surface area contributed by atoms with Crippen molar-refractivity contribution in [1.82, 2.24) is 15.5 Å². The van der Waals surface area contributed by atoms with Gasteiger partial charge in [0, 0.05) is 17.5 Å². The van der Waals surface area contributed by atoms with E-state index >= 15 is 0 Å². The first kappa shape index (κ1) is 15.0. The van der Waals surface area contributed by atoms with E-state index in [1.807, 2.05) is 12.1 Å². The van der Waals surface area contributed by atoms with Gasteiger partial charge in [-0.3, -0.25) is 0 Å². The molecule has 1 aliphatic heterocycles. The fourth-order valence-corrected chi connectivity index (χ4v) is 2.58.